The maximum absolute atomic E-state index is 12.3. The van der Waals surface area contributed by atoms with E-state index < -0.39 is 15.9 Å². The Bertz CT molecular complexity index is 609. The molecule has 19 heavy (non-hydrogen) atoms. The van der Waals surface area contributed by atoms with Crippen LogP contribution in [0, 0.1) is 6.92 Å². The van der Waals surface area contributed by atoms with Crippen molar-refractivity contribution in [3.8, 4) is 0 Å². The molecule has 1 saturated heterocycles. The molecule has 0 bridgehead atoms. The van der Waals surface area contributed by atoms with Gasteiger partial charge in [-0.05, 0) is 31.0 Å². The summed E-state index contributed by atoms with van der Waals surface area (Å²) in [7, 11) is -3.33. The Hall–Kier alpha value is -1.40. The number of sulfone groups is 1. The second-order valence-corrected chi connectivity index (χ2v) is 6.96. The number of benzene rings is 1. The highest BCUT2D eigenvalue weighted by molar-refractivity contribution is 7.90. The van der Waals surface area contributed by atoms with E-state index >= 15 is 0 Å². The van der Waals surface area contributed by atoms with Crippen LogP contribution in [0.1, 0.15) is 22.3 Å². The van der Waals surface area contributed by atoms with Crippen LogP contribution in [0.4, 0.5) is 0 Å². The summed E-state index contributed by atoms with van der Waals surface area (Å²) in [6.07, 6.45) is 1.20. The minimum Gasteiger partial charge on any atom is -0.391 e. The van der Waals surface area contributed by atoms with Crippen molar-refractivity contribution in [3.05, 3.63) is 29.3 Å². The second-order valence-electron chi connectivity index (χ2n) is 4.94. The molecular weight excluding hydrogens is 266 g/mol. The van der Waals surface area contributed by atoms with Gasteiger partial charge in [-0.25, -0.2) is 8.42 Å². The van der Waals surface area contributed by atoms with E-state index in [9.17, 15) is 18.3 Å². The van der Waals surface area contributed by atoms with Crippen LogP contribution in [0.5, 0.6) is 0 Å². The van der Waals surface area contributed by atoms with Crippen LogP contribution < -0.4 is 0 Å². The molecule has 6 heteroatoms. The largest absolute Gasteiger partial charge is 0.391 e. The third-order valence-corrected chi connectivity index (χ3v) is 4.43. The first kappa shape index (κ1) is 14.0. The first-order valence-corrected chi connectivity index (χ1v) is 7.96. The highest BCUT2D eigenvalue weighted by Crippen LogP contribution is 2.20. The molecule has 1 amide bonds. The van der Waals surface area contributed by atoms with E-state index in [4.69, 9.17) is 0 Å². The molecule has 1 atom stereocenters. The Morgan fingerprint density at radius 3 is 2.63 bits per heavy atom. The standard InChI is InChI=1S/C13H17NO4S/c1-9-3-4-11(19(2,17)18)7-12(9)13(16)14-6-5-10(15)8-14/h3-4,7,10,15H,5-6,8H2,1-2H3/t10-/m1/s1. The fraction of sp³-hybridized carbons (Fsp3) is 0.462. The smallest absolute Gasteiger partial charge is 0.254 e. The normalized spacial score (nSPS) is 19.7. The van der Waals surface area contributed by atoms with E-state index in [2.05, 4.69) is 0 Å². The summed E-state index contributed by atoms with van der Waals surface area (Å²) in [5, 5.41) is 9.46. The van der Waals surface area contributed by atoms with Crippen molar-refractivity contribution >= 4 is 15.7 Å². The summed E-state index contributed by atoms with van der Waals surface area (Å²) in [4.78, 5) is 14.0. The van der Waals surface area contributed by atoms with Crippen LogP contribution in [-0.4, -0.2) is 49.8 Å². The van der Waals surface area contributed by atoms with Gasteiger partial charge in [0.25, 0.3) is 5.91 Å². The molecule has 1 aliphatic rings. The number of carbonyl (C=O) groups excluding carboxylic acids is 1. The lowest BCUT2D eigenvalue weighted by Crippen LogP contribution is -2.30. The van der Waals surface area contributed by atoms with Gasteiger partial charge in [-0.2, -0.15) is 0 Å². The summed E-state index contributed by atoms with van der Waals surface area (Å²) in [6, 6.07) is 4.55. The molecule has 0 aromatic heterocycles. The lowest BCUT2D eigenvalue weighted by molar-refractivity contribution is 0.0764. The van der Waals surface area contributed by atoms with Crippen molar-refractivity contribution in [2.45, 2.75) is 24.3 Å². The zero-order valence-corrected chi connectivity index (χ0v) is 11.8. The van der Waals surface area contributed by atoms with Crippen LogP contribution in [0.2, 0.25) is 0 Å². The quantitative estimate of drug-likeness (QED) is 0.862. The molecule has 1 aromatic rings. The van der Waals surface area contributed by atoms with Gasteiger partial charge in [0.15, 0.2) is 9.84 Å². The van der Waals surface area contributed by atoms with Crippen LogP contribution >= 0.6 is 0 Å². The number of carbonyl (C=O) groups is 1. The maximum Gasteiger partial charge on any atom is 0.254 e. The Labute approximate surface area is 112 Å². The highest BCUT2D eigenvalue weighted by Gasteiger charge is 2.26. The SMILES string of the molecule is Cc1ccc(S(C)(=O)=O)cc1C(=O)N1CC[C@@H](O)C1. The third-order valence-electron chi connectivity index (χ3n) is 3.32. The fourth-order valence-corrected chi connectivity index (χ4v) is 2.81. The number of amides is 1. The molecule has 0 radical (unpaired) electrons. The molecule has 0 aliphatic carbocycles. The van der Waals surface area contributed by atoms with Gasteiger partial charge in [-0.3, -0.25) is 4.79 Å². The van der Waals surface area contributed by atoms with Crippen molar-refractivity contribution in [3.63, 3.8) is 0 Å². The number of aliphatic hydroxyl groups excluding tert-OH is 1. The molecule has 0 unspecified atom stereocenters. The Morgan fingerprint density at radius 2 is 2.11 bits per heavy atom. The van der Waals surface area contributed by atoms with Gasteiger partial charge >= 0.3 is 0 Å². The van der Waals surface area contributed by atoms with Crippen LogP contribution in [0.25, 0.3) is 0 Å². The van der Waals surface area contributed by atoms with Gasteiger partial charge in [-0.15, -0.1) is 0 Å². The predicted octanol–water partition coefficient (Wildman–Crippen LogP) is 0.605. The number of aliphatic hydroxyl groups is 1. The number of hydrogen-bond acceptors (Lipinski definition) is 4. The number of hydrogen-bond donors (Lipinski definition) is 1. The Morgan fingerprint density at radius 1 is 1.42 bits per heavy atom. The van der Waals surface area contributed by atoms with Crippen molar-refractivity contribution in [1.29, 1.82) is 0 Å². The number of aryl methyl sites for hydroxylation is 1. The summed E-state index contributed by atoms with van der Waals surface area (Å²) < 4.78 is 23.1. The monoisotopic (exact) mass is 283 g/mol. The summed E-state index contributed by atoms with van der Waals surface area (Å²) >= 11 is 0. The number of likely N-dealkylation sites (tertiary alicyclic amines) is 1. The molecule has 0 spiro atoms. The zero-order chi connectivity index (χ0) is 14.2. The number of rotatable bonds is 2. The van der Waals surface area contributed by atoms with Gasteiger partial charge < -0.3 is 10.0 Å². The molecule has 1 fully saturated rings. The molecule has 1 aliphatic heterocycles. The van der Waals surface area contributed by atoms with Gasteiger partial charge in [-0.1, -0.05) is 6.07 Å². The van der Waals surface area contributed by atoms with E-state index in [1.54, 1.807) is 17.9 Å². The molecule has 2 rings (SSSR count). The molecule has 5 nitrogen and oxygen atoms in total. The van der Waals surface area contributed by atoms with Gasteiger partial charge in [0.1, 0.15) is 0 Å². The molecule has 1 N–H and O–H groups in total. The van der Waals surface area contributed by atoms with Crippen molar-refractivity contribution < 1.29 is 18.3 Å². The minimum absolute atomic E-state index is 0.140. The molecular formula is C13H17NO4S. The second kappa shape index (κ2) is 4.94. The lowest BCUT2D eigenvalue weighted by atomic mass is 10.1. The maximum atomic E-state index is 12.3. The van der Waals surface area contributed by atoms with E-state index in [-0.39, 0.29) is 10.8 Å². The highest BCUT2D eigenvalue weighted by atomic mass is 32.2. The van der Waals surface area contributed by atoms with Crippen molar-refractivity contribution in [2.24, 2.45) is 0 Å². The van der Waals surface area contributed by atoms with Crippen molar-refractivity contribution in [2.75, 3.05) is 19.3 Å². The zero-order valence-electron chi connectivity index (χ0n) is 11.0. The van der Waals surface area contributed by atoms with E-state index in [0.717, 1.165) is 11.8 Å². The fourth-order valence-electron chi connectivity index (χ4n) is 2.16. The van der Waals surface area contributed by atoms with Crippen LogP contribution in [0.3, 0.4) is 0 Å². The van der Waals surface area contributed by atoms with Crippen LogP contribution in [0.15, 0.2) is 23.1 Å². The van der Waals surface area contributed by atoms with Gasteiger partial charge in [0.2, 0.25) is 0 Å². The molecule has 0 saturated carbocycles. The first-order valence-electron chi connectivity index (χ1n) is 6.07. The topological polar surface area (TPSA) is 74.7 Å². The first-order chi connectivity index (χ1) is 8.79. The van der Waals surface area contributed by atoms with Gasteiger partial charge in [0, 0.05) is 24.9 Å². The summed E-state index contributed by atoms with van der Waals surface area (Å²) in [6.45, 7) is 2.58. The molecule has 104 valence electrons. The Kier molecular flexibility index (Phi) is 3.64. The van der Waals surface area contributed by atoms with E-state index in [1.807, 2.05) is 0 Å². The average molecular weight is 283 g/mol. The van der Waals surface area contributed by atoms with Gasteiger partial charge in [0.05, 0.1) is 11.0 Å². The lowest BCUT2D eigenvalue weighted by Gasteiger charge is -2.17. The third kappa shape index (κ3) is 2.96. The molecule has 1 aromatic carbocycles. The van der Waals surface area contributed by atoms with E-state index in [1.165, 1.54) is 12.1 Å². The number of β-amino-alcohol motifs (C(OH)–C–C–N with tert-alkyl or cyclic N) is 1. The summed E-state index contributed by atoms with van der Waals surface area (Å²) in [5.41, 5.74) is 1.12. The Balaban J connectivity index is 2.36. The van der Waals surface area contributed by atoms with Crippen LogP contribution in [-0.2, 0) is 9.84 Å². The minimum atomic E-state index is -3.33. The van der Waals surface area contributed by atoms with E-state index in [0.29, 0.717) is 25.1 Å². The summed E-state index contributed by atoms with van der Waals surface area (Å²) in [5.74, 6) is -0.223. The predicted molar refractivity (Wildman–Crippen MR) is 70.8 cm³/mol. The molecule has 1 heterocycles. The van der Waals surface area contributed by atoms with Crippen molar-refractivity contribution in [1.82, 2.24) is 4.90 Å². The average Bonchev–Trinajstić information content (AvgIpc) is 2.74. The number of nitrogens with zero attached hydrogens (tertiary/aromatic N) is 1.